The minimum Gasteiger partial charge on any atom is -0.456 e. The number of aromatic nitrogens is 1. The standard InChI is InChI=1S/C21H19N3O5/c1-14-6-10-18(19(12-14)24(27)28)23-20(25)13-29-21(26)11-9-16-8-7-15-4-2-3-5-17(15)22-16/h2-8,10,12H,9,11,13H2,1H3,(H,23,25). The van der Waals surface area contributed by atoms with E-state index in [0.29, 0.717) is 12.0 Å². The summed E-state index contributed by atoms with van der Waals surface area (Å²) in [6.07, 6.45) is 0.456. The van der Waals surface area contributed by atoms with Crippen molar-refractivity contribution >= 4 is 34.2 Å². The molecular weight excluding hydrogens is 374 g/mol. The van der Waals surface area contributed by atoms with Crippen molar-refractivity contribution in [1.82, 2.24) is 4.98 Å². The fourth-order valence-electron chi connectivity index (χ4n) is 2.78. The van der Waals surface area contributed by atoms with E-state index in [4.69, 9.17) is 4.74 Å². The number of nitro groups is 1. The molecule has 8 nitrogen and oxygen atoms in total. The van der Waals surface area contributed by atoms with Crippen LogP contribution in [-0.2, 0) is 20.7 Å². The maximum atomic E-state index is 12.0. The highest BCUT2D eigenvalue weighted by atomic mass is 16.6. The molecule has 1 aromatic heterocycles. The molecule has 0 saturated heterocycles. The number of benzene rings is 2. The molecule has 8 heteroatoms. The lowest BCUT2D eigenvalue weighted by Gasteiger charge is -2.08. The van der Waals surface area contributed by atoms with Crippen molar-refractivity contribution in [3.63, 3.8) is 0 Å². The molecule has 2 aromatic carbocycles. The first-order chi connectivity index (χ1) is 13.9. The average molecular weight is 393 g/mol. The van der Waals surface area contributed by atoms with E-state index in [1.54, 1.807) is 13.0 Å². The molecular formula is C21H19N3O5. The highest BCUT2D eigenvalue weighted by Crippen LogP contribution is 2.25. The molecule has 148 valence electrons. The summed E-state index contributed by atoms with van der Waals surface area (Å²) in [6, 6.07) is 15.9. The van der Waals surface area contributed by atoms with Gasteiger partial charge in [0.15, 0.2) is 6.61 Å². The van der Waals surface area contributed by atoms with Crippen molar-refractivity contribution in [2.45, 2.75) is 19.8 Å². The second kappa shape index (κ2) is 8.92. The van der Waals surface area contributed by atoms with Crippen molar-refractivity contribution in [2.75, 3.05) is 11.9 Å². The Bertz CT molecular complexity index is 1080. The Morgan fingerprint density at radius 3 is 2.72 bits per heavy atom. The molecule has 0 aliphatic carbocycles. The summed E-state index contributed by atoms with van der Waals surface area (Å²) in [5.74, 6) is -1.19. The minimum atomic E-state index is -0.644. The number of esters is 1. The Balaban J connectivity index is 1.50. The predicted molar refractivity (Wildman–Crippen MR) is 107 cm³/mol. The number of fused-ring (bicyclic) bond motifs is 1. The van der Waals surface area contributed by atoms with Crippen LogP contribution in [0.4, 0.5) is 11.4 Å². The van der Waals surface area contributed by atoms with E-state index in [0.717, 1.165) is 16.6 Å². The molecule has 0 aliphatic rings. The highest BCUT2D eigenvalue weighted by molar-refractivity contribution is 5.94. The van der Waals surface area contributed by atoms with Gasteiger partial charge >= 0.3 is 5.97 Å². The molecule has 0 spiro atoms. The zero-order chi connectivity index (χ0) is 20.8. The molecule has 0 saturated carbocycles. The maximum Gasteiger partial charge on any atom is 0.306 e. The van der Waals surface area contributed by atoms with Crippen molar-refractivity contribution in [3.05, 3.63) is 76.0 Å². The third-order valence-corrected chi connectivity index (χ3v) is 4.23. The van der Waals surface area contributed by atoms with Gasteiger partial charge in [-0.15, -0.1) is 0 Å². The van der Waals surface area contributed by atoms with Crippen molar-refractivity contribution in [3.8, 4) is 0 Å². The van der Waals surface area contributed by atoms with Gasteiger partial charge in [-0.25, -0.2) is 0 Å². The number of pyridine rings is 1. The Morgan fingerprint density at radius 2 is 1.93 bits per heavy atom. The highest BCUT2D eigenvalue weighted by Gasteiger charge is 2.17. The van der Waals surface area contributed by atoms with Gasteiger partial charge in [-0.05, 0) is 30.7 Å². The second-order valence-corrected chi connectivity index (χ2v) is 6.48. The number of carbonyl (C=O) groups excluding carboxylic acids is 2. The number of carbonyl (C=O) groups is 2. The normalized spacial score (nSPS) is 10.5. The summed E-state index contributed by atoms with van der Waals surface area (Å²) < 4.78 is 4.96. The SMILES string of the molecule is Cc1ccc(NC(=O)COC(=O)CCc2ccc3ccccc3n2)c([N+](=O)[O-])c1. The first-order valence-corrected chi connectivity index (χ1v) is 8.97. The summed E-state index contributed by atoms with van der Waals surface area (Å²) in [4.78, 5) is 38.9. The molecule has 0 atom stereocenters. The van der Waals surface area contributed by atoms with Crippen molar-refractivity contribution < 1.29 is 19.2 Å². The van der Waals surface area contributed by atoms with Gasteiger partial charge in [-0.2, -0.15) is 0 Å². The molecule has 0 unspecified atom stereocenters. The molecule has 0 fully saturated rings. The zero-order valence-corrected chi connectivity index (χ0v) is 15.8. The van der Waals surface area contributed by atoms with E-state index in [2.05, 4.69) is 10.3 Å². The van der Waals surface area contributed by atoms with Crippen LogP contribution in [0, 0.1) is 17.0 Å². The first-order valence-electron chi connectivity index (χ1n) is 8.97. The van der Waals surface area contributed by atoms with Crippen molar-refractivity contribution in [2.24, 2.45) is 0 Å². The van der Waals surface area contributed by atoms with E-state index in [-0.39, 0.29) is 17.8 Å². The number of nitrogens with one attached hydrogen (secondary N) is 1. The molecule has 1 amide bonds. The van der Waals surface area contributed by atoms with Crippen molar-refractivity contribution in [1.29, 1.82) is 0 Å². The van der Waals surface area contributed by atoms with Crippen LogP contribution >= 0.6 is 0 Å². The number of aryl methyl sites for hydroxylation is 2. The lowest BCUT2D eigenvalue weighted by atomic mass is 10.1. The van der Waals surface area contributed by atoms with Crippen LogP contribution in [-0.4, -0.2) is 28.4 Å². The number of ether oxygens (including phenoxy) is 1. The molecule has 0 radical (unpaired) electrons. The summed E-state index contributed by atoms with van der Waals surface area (Å²) >= 11 is 0. The number of rotatable bonds is 7. The van der Waals surface area contributed by atoms with Crippen LogP contribution in [0.1, 0.15) is 17.7 Å². The maximum absolute atomic E-state index is 12.0. The average Bonchev–Trinajstić information content (AvgIpc) is 2.71. The molecule has 3 aromatic rings. The van der Waals surface area contributed by atoms with E-state index in [9.17, 15) is 19.7 Å². The van der Waals surface area contributed by atoms with Crippen LogP contribution in [0.2, 0.25) is 0 Å². The van der Waals surface area contributed by atoms with Crippen LogP contribution < -0.4 is 5.32 Å². The summed E-state index contributed by atoms with van der Waals surface area (Å²) in [5.41, 5.74) is 2.13. The minimum absolute atomic E-state index is 0.0574. The number of nitro benzene ring substituents is 1. The summed E-state index contributed by atoms with van der Waals surface area (Å²) in [5, 5.41) is 14.5. The van der Waals surface area contributed by atoms with Gasteiger partial charge in [-0.3, -0.25) is 24.7 Å². The topological polar surface area (TPSA) is 111 Å². The molecule has 29 heavy (non-hydrogen) atoms. The first kappa shape index (κ1) is 19.9. The van der Waals surface area contributed by atoms with Gasteiger partial charge in [0.1, 0.15) is 5.69 Å². The van der Waals surface area contributed by atoms with Gasteiger partial charge in [0.25, 0.3) is 11.6 Å². The number of para-hydroxylation sites is 1. The Labute approximate surface area is 166 Å². The quantitative estimate of drug-likeness (QED) is 0.373. The van der Waals surface area contributed by atoms with E-state index >= 15 is 0 Å². The summed E-state index contributed by atoms with van der Waals surface area (Å²) in [6.45, 7) is 1.19. The third kappa shape index (κ3) is 5.35. The number of hydrogen-bond acceptors (Lipinski definition) is 6. The number of nitrogens with zero attached hydrogens (tertiary/aromatic N) is 2. The van der Waals surface area contributed by atoms with Gasteiger partial charge in [-0.1, -0.05) is 30.3 Å². The summed E-state index contributed by atoms with van der Waals surface area (Å²) in [7, 11) is 0. The van der Waals surface area contributed by atoms with E-state index in [1.165, 1.54) is 12.1 Å². The monoisotopic (exact) mass is 393 g/mol. The fourth-order valence-corrected chi connectivity index (χ4v) is 2.78. The fraction of sp³-hybridized carbons (Fsp3) is 0.190. The van der Waals surface area contributed by atoms with E-state index in [1.807, 2.05) is 36.4 Å². The number of amides is 1. The number of anilines is 1. The lowest BCUT2D eigenvalue weighted by molar-refractivity contribution is -0.384. The van der Waals surface area contributed by atoms with Crippen LogP contribution in [0.25, 0.3) is 10.9 Å². The van der Waals surface area contributed by atoms with Gasteiger partial charge in [0, 0.05) is 23.6 Å². The van der Waals surface area contributed by atoms with Gasteiger partial charge < -0.3 is 10.1 Å². The van der Waals surface area contributed by atoms with Crippen LogP contribution in [0.15, 0.2) is 54.6 Å². The molecule has 3 rings (SSSR count). The Morgan fingerprint density at radius 1 is 1.14 bits per heavy atom. The molecule has 1 heterocycles. The lowest BCUT2D eigenvalue weighted by Crippen LogP contribution is -2.21. The number of hydrogen-bond donors (Lipinski definition) is 1. The molecule has 0 bridgehead atoms. The Kier molecular flexibility index (Phi) is 6.13. The smallest absolute Gasteiger partial charge is 0.306 e. The zero-order valence-electron chi connectivity index (χ0n) is 15.8. The molecule has 0 aliphatic heterocycles. The van der Waals surface area contributed by atoms with E-state index < -0.39 is 23.4 Å². The van der Waals surface area contributed by atoms with Crippen LogP contribution in [0.5, 0.6) is 0 Å². The molecule has 1 N–H and O–H groups in total. The van der Waals surface area contributed by atoms with Crippen LogP contribution in [0.3, 0.4) is 0 Å². The third-order valence-electron chi connectivity index (χ3n) is 4.23. The van der Waals surface area contributed by atoms with Gasteiger partial charge in [0.05, 0.1) is 16.9 Å². The second-order valence-electron chi connectivity index (χ2n) is 6.48. The van der Waals surface area contributed by atoms with Gasteiger partial charge in [0.2, 0.25) is 0 Å². The Hall–Kier alpha value is -3.81. The predicted octanol–water partition coefficient (Wildman–Crippen LogP) is 3.57. The largest absolute Gasteiger partial charge is 0.456 e.